The highest BCUT2D eigenvalue weighted by Gasteiger charge is 2.30. The second kappa shape index (κ2) is 20.4. The first-order chi connectivity index (χ1) is 31.8. The summed E-state index contributed by atoms with van der Waals surface area (Å²) in [5.41, 5.74) is 14.0. The van der Waals surface area contributed by atoms with Crippen LogP contribution in [0.5, 0.6) is 0 Å². The molecule has 2 nitrogen and oxygen atoms in total. The zero-order chi connectivity index (χ0) is 48.3. The Hall–Kier alpha value is -4.91. The van der Waals surface area contributed by atoms with Crippen LogP contribution in [0.2, 0.25) is 0 Å². The normalized spacial score (nSPS) is 12.7. The minimum atomic E-state index is -0.00995. The van der Waals surface area contributed by atoms with Crippen molar-refractivity contribution in [1.29, 1.82) is 0 Å². The van der Waals surface area contributed by atoms with Gasteiger partial charge >= 0.3 is 0 Å². The lowest BCUT2D eigenvalue weighted by molar-refractivity contribution is 0.458. The van der Waals surface area contributed by atoms with Crippen LogP contribution in [0.15, 0.2) is 133 Å². The van der Waals surface area contributed by atoms with Crippen LogP contribution in [0.4, 0.5) is 34.1 Å². The maximum atomic E-state index is 2.58. The summed E-state index contributed by atoms with van der Waals surface area (Å²) >= 11 is 0. The highest BCUT2D eigenvalue weighted by atomic mass is 31.1. The molecule has 0 heterocycles. The predicted octanol–water partition coefficient (Wildman–Crippen LogP) is 19.3. The minimum Gasteiger partial charge on any atom is -0.309 e. The third-order valence-electron chi connectivity index (χ3n) is 14.5. The van der Waals surface area contributed by atoms with Gasteiger partial charge < -0.3 is 9.80 Å². The van der Waals surface area contributed by atoms with E-state index in [-0.39, 0.29) is 21.7 Å². The van der Waals surface area contributed by atoms with E-state index in [1.54, 1.807) is 0 Å². The van der Waals surface area contributed by atoms with Crippen molar-refractivity contribution in [1.82, 2.24) is 0 Å². The van der Waals surface area contributed by atoms with Crippen LogP contribution in [-0.2, 0) is 28.1 Å². The monoisotopic (exact) mass is 909 g/mol. The highest BCUT2D eigenvalue weighted by Crippen LogP contribution is 2.53. The third-order valence-corrected chi connectivity index (χ3v) is 15.4. The highest BCUT2D eigenvalue weighted by molar-refractivity contribution is 7.46. The molecule has 0 aliphatic carbocycles. The van der Waals surface area contributed by atoms with Crippen LogP contribution in [0, 0.1) is 0 Å². The van der Waals surface area contributed by atoms with Crippen molar-refractivity contribution in [2.24, 2.45) is 0 Å². The molecule has 0 saturated carbocycles. The number of rotatable bonds is 17. The molecule has 352 valence electrons. The Labute approximate surface area is 408 Å². The fraction of sp³-hybridized carbons (Fsp3) is 0.406. The number of benzene rings is 7. The molecule has 7 rings (SSSR count). The van der Waals surface area contributed by atoms with Gasteiger partial charge in [-0.2, -0.15) is 0 Å². The van der Waals surface area contributed by atoms with Crippen molar-refractivity contribution in [3.05, 3.63) is 161 Å². The number of aryl methyl sites for hydroxylation is 1. The first-order valence-electron chi connectivity index (χ1n) is 25.5. The molecule has 1 unspecified atom stereocenters. The van der Waals surface area contributed by atoms with Crippen LogP contribution < -0.4 is 15.1 Å². The van der Waals surface area contributed by atoms with E-state index in [4.69, 9.17) is 0 Å². The first-order valence-corrected chi connectivity index (χ1v) is 27.0. The molecule has 67 heavy (non-hydrogen) atoms. The SMILES string of the molecule is CCCCC(C)(C)c1ccc2c(N(c3ccc(PC)cc3)c3ccc(C(C)(C)C)cc3)c3cc(C(C)(C)CCCC)ccc3c(N(c3ccc(CCC)cc3)c3ccc(C(C)(C)C)cc3)c2c1. The third kappa shape index (κ3) is 10.9. The van der Waals surface area contributed by atoms with Crippen molar-refractivity contribution < 1.29 is 0 Å². The smallest absolute Gasteiger partial charge is 0.0620 e. The number of nitrogens with zero attached hydrogens (tertiary/aromatic N) is 2. The molecule has 0 radical (unpaired) electrons. The molecule has 3 heteroatoms. The Morgan fingerprint density at radius 1 is 0.388 bits per heavy atom. The average Bonchev–Trinajstić information content (AvgIpc) is 3.31. The largest absolute Gasteiger partial charge is 0.309 e. The fourth-order valence-electron chi connectivity index (χ4n) is 9.95. The van der Waals surface area contributed by atoms with Gasteiger partial charge in [0.15, 0.2) is 0 Å². The van der Waals surface area contributed by atoms with Crippen LogP contribution in [0.1, 0.15) is 163 Å². The lowest BCUT2D eigenvalue weighted by Gasteiger charge is -2.35. The zero-order valence-electron chi connectivity index (χ0n) is 43.8. The van der Waals surface area contributed by atoms with Crippen molar-refractivity contribution >= 4 is 69.6 Å². The van der Waals surface area contributed by atoms with E-state index in [2.05, 4.69) is 240 Å². The van der Waals surface area contributed by atoms with Gasteiger partial charge in [0.25, 0.3) is 0 Å². The Balaban J connectivity index is 1.69. The topological polar surface area (TPSA) is 6.48 Å². The summed E-state index contributed by atoms with van der Waals surface area (Å²) in [6.45, 7) is 32.8. The molecule has 0 bridgehead atoms. The summed E-state index contributed by atoms with van der Waals surface area (Å²) in [5.74, 6) is 0. The molecule has 7 aromatic rings. The maximum absolute atomic E-state index is 2.58. The summed E-state index contributed by atoms with van der Waals surface area (Å²) in [7, 11) is 0.735. The molecular formula is C64H81N2P. The minimum absolute atomic E-state index is 0.00970. The number of unbranched alkanes of at least 4 members (excludes halogenated alkanes) is 2. The lowest BCUT2D eigenvalue weighted by atomic mass is 9.78. The number of anilines is 6. The van der Waals surface area contributed by atoms with Crippen molar-refractivity contribution in [3.8, 4) is 0 Å². The van der Waals surface area contributed by atoms with E-state index in [0.29, 0.717) is 0 Å². The standard InChI is InChI=1S/C64H81N2P/c1-15-18-41-63(10,11)48-28-40-56-57(43-48)59(65(50-29-21-45(20-17-3)22-30-50)51-31-23-46(24-32-51)61(4,5)6)55-39-27-49(64(12,13)42-19-16-2)44-58(55)60(56)66(53-35-37-54(67-14)38-36-53)52-33-25-47(26-34-52)62(7,8)9/h21-40,43-44,67H,15-20,41-42H2,1-14H3. The molecule has 0 aromatic heterocycles. The molecule has 1 atom stereocenters. The molecule has 0 amide bonds. The summed E-state index contributed by atoms with van der Waals surface area (Å²) in [5, 5.41) is 6.41. The summed E-state index contributed by atoms with van der Waals surface area (Å²) < 4.78 is 0. The molecule has 0 aliphatic heterocycles. The van der Waals surface area contributed by atoms with Gasteiger partial charge in [-0.3, -0.25) is 0 Å². The van der Waals surface area contributed by atoms with E-state index in [0.717, 1.165) is 34.3 Å². The van der Waals surface area contributed by atoms with Crippen molar-refractivity contribution in [2.75, 3.05) is 16.5 Å². The predicted molar refractivity (Wildman–Crippen MR) is 301 cm³/mol. The van der Waals surface area contributed by atoms with Crippen LogP contribution in [-0.4, -0.2) is 6.66 Å². The van der Waals surface area contributed by atoms with E-state index < -0.39 is 0 Å². The van der Waals surface area contributed by atoms with Crippen LogP contribution in [0.25, 0.3) is 21.5 Å². The van der Waals surface area contributed by atoms with Gasteiger partial charge in [-0.15, -0.1) is 0 Å². The molecule has 0 spiro atoms. The quantitative estimate of drug-likeness (QED) is 0.0510. The summed E-state index contributed by atoms with van der Waals surface area (Å²) in [6.07, 6.45) is 9.21. The Morgan fingerprint density at radius 2 is 0.731 bits per heavy atom. The zero-order valence-corrected chi connectivity index (χ0v) is 44.8. The van der Waals surface area contributed by atoms with Gasteiger partial charge in [0.05, 0.1) is 11.4 Å². The Morgan fingerprint density at radius 3 is 1.06 bits per heavy atom. The number of fused-ring (bicyclic) bond motifs is 2. The van der Waals surface area contributed by atoms with Gasteiger partial charge in [-0.05, 0) is 141 Å². The molecular weight excluding hydrogens is 828 g/mol. The van der Waals surface area contributed by atoms with E-state index in [1.807, 2.05) is 0 Å². The summed E-state index contributed by atoms with van der Waals surface area (Å²) in [6, 6.07) is 52.7. The van der Waals surface area contributed by atoms with Gasteiger partial charge in [-0.25, -0.2) is 0 Å². The van der Waals surface area contributed by atoms with E-state index >= 15 is 0 Å². The first kappa shape index (κ1) is 50.0. The summed E-state index contributed by atoms with van der Waals surface area (Å²) in [4.78, 5) is 5.16. The van der Waals surface area contributed by atoms with Gasteiger partial charge in [-0.1, -0.05) is 203 Å². The Bertz CT molecular complexity index is 2740. The van der Waals surface area contributed by atoms with Crippen LogP contribution >= 0.6 is 8.58 Å². The number of hydrogen-bond acceptors (Lipinski definition) is 2. The van der Waals surface area contributed by atoms with Crippen molar-refractivity contribution in [2.45, 2.75) is 163 Å². The molecule has 0 fully saturated rings. The van der Waals surface area contributed by atoms with E-state index in [1.165, 1.54) is 114 Å². The van der Waals surface area contributed by atoms with Gasteiger partial charge in [0.1, 0.15) is 0 Å². The van der Waals surface area contributed by atoms with E-state index in [9.17, 15) is 0 Å². The molecule has 0 N–H and O–H groups in total. The molecule has 7 aromatic carbocycles. The maximum Gasteiger partial charge on any atom is 0.0620 e. The second-order valence-electron chi connectivity index (χ2n) is 22.7. The Kier molecular flexibility index (Phi) is 15.2. The lowest BCUT2D eigenvalue weighted by Crippen LogP contribution is -2.19. The van der Waals surface area contributed by atoms with Gasteiger partial charge in [0.2, 0.25) is 0 Å². The fourth-order valence-corrected chi connectivity index (χ4v) is 10.4. The van der Waals surface area contributed by atoms with Gasteiger partial charge in [0, 0.05) is 44.3 Å². The number of hydrogen-bond donors (Lipinski definition) is 0. The molecule has 0 saturated heterocycles. The second-order valence-corrected chi connectivity index (χ2v) is 23.7. The van der Waals surface area contributed by atoms with Crippen LogP contribution in [0.3, 0.4) is 0 Å². The average molecular weight is 909 g/mol. The van der Waals surface area contributed by atoms with Crippen molar-refractivity contribution in [3.63, 3.8) is 0 Å². The molecule has 0 aliphatic rings.